The molecule has 3 rings (SSSR count). The van der Waals surface area contributed by atoms with Gasteiger partial charge in [0.25, 0.3) is 0 Å². The zero-order valence-corrected chi connectivity index (χ0v) is 9.80. The number of rotatable bonds is 1. The average molecular weight is 231 g/mol. The van der Waals surface area contributed by atoms with Crippen LogP contribution in [0.2, 0.25) is 0 Å². The highest BCUT2D eigenvalue weighted by atomic mass is 16.4. The van der Waals surface area contributed by atoms with E-state index in [1.54, 1.807) is 0 Å². The second-order valence-corrected chi connectivity index (χ2v) is 5.03. The fraction of sp³-hybridized carbons (Fsp3) is 0.500. The Morgan fingerprint density at radius 3 is 2.94 bits per heavy atom. The summed E-state index contributed by atoms with van der Waals surface area (Å²) in [6.45, 7) is 1.01. The topological polar surface area (TPSA) is 40.5 Å². The van der Waals surface area contributed by atoms with Gasteiger partial charge in [0, 0.05) is 18.3 Å². The fourth-order valence-corrected chi connectivity index (χ4v) is 3.26. The first-order valence-corrected chi connectivity index (χ1v) is 6.35. The highest BCUT2D eigenvalue weighted by molar-refractivity contribution is 5.75. The summed E-state index contributed by atoms with van der Waals surface area (Å²) in [6, 6.07) is 8.45. The van der Waals surface area contributed by atoms with E-state index in [1.807, 2.05) is 12.1 Å². The van der Waals surface area contributed by atoms with Crippen molar-refractivity contribution in [1.82, 2.24) is 0 Å². The zero-order chi connectivity index (χ0) is 11.8. The molecule has 1 N–H and O–H groups in total. The molecule has 0 amide bonds. The number of fused-ring (bicyclic) bond motifs is 3. The van der Waals surface area contributed by atoms with Crippen molar-refractivity contribution in [3.8, 4) is 0 Å². The first-order chi connectivity index (χ1) is 8.27. The maximum absolute atomic E-state index is 11.4. The number of benzene rings is 1. The number of carbonyl (C=O) groups is 1. The van der Waals surface area contributed by atoms with E-state index in [0.29, 0.717) is 6.42 Å². The molecular weight excluding hydrogens is 214 g/mol. The number of nitrogens with zero attached hydrogens (tertiary/aromatic N) is 1. The summed E-state index contributed by atoms with van der Waals surface area (Å²) >= 11 is 0. The third-order valence-electron chi connectivity index (χ3n) is 4.07. The van der Waals surface area contributed by atoms with Crippen LogP contribution in [0.5, 0.6) is 0 Å². The van der Waals surface area contributed by atoms with Crippen LogP contribution in [-0.2, 0) is 11.2 Å². The van der Waals surface area contributed by atoms with Gasteiger partial charge < -0.3 is 10.0 Å². The van der Waals surface area contributed by atoms with Gasteiger partial charge in [-0.25, -0.2) is 0 Å². The molecule has 1 saturated heterocycles. The molecule has 1 aromatic rings. The lowest BCUT2D eigenvalue weighted by Gasteiger charge is -2.45. The lowest BCUT2D eigenvalue weighted by molar-refractivity contribution is -0.142. The Kier molecular flexibility index (Phi) is 2.54. The molecule has 0 spiro atoms. The van der Waals surface area contributed by atoms with E-state index in [9.17, 15) is 9.90 Å². The third kappa shape index (κ3) is 1.70. The van der Waals surface area contributed by atoms with Crippen LogP contribution in [-0.4, -0.2) is 23.7 Å². The molecule has 0 aromatic heterocycles. The molecule has 0 bridgehead atoms. The standard InChI is InChI=1S/C14H17NO2/c16-14(17)11-9-10-5-1-2-6-12(10)15-8-4-3-7-13(11)15/h1-2,5-6,11,13H,3-4,7-9H2,(H,16,17)/t11?,13-/m1/s1. The van der Waals surface area contributed by atoms with Crippen molar-refractivity contribution in [2.24, 2.45) is 5.92 Å². The van der Waals surface area contributed by atoms with Crippen LogP contribution in [0, 0.1) is 5.92 Å². The molecule has 0 saturated carbocycles. The molecular formula is C14H17NO2. The van der Waals surface area contributed by atoms with Gasteiger partial charge in [0.1, 0.15) is 0 Å². The number of aliphatic carboxylic acids is 1. The van der Waals surface area contributed by atoms with Gasteiger partial charge >= 0.3 is 5.97 Å². The van der Waals surface area contributed by atoms with E-state index in [0.717, 1.165) is 19.4 Å². The Hall–Kier alpha value is -1.51. The highest BCUT2D eigenvalue weighted by Crippen LogP contribution is 2.38. The molecule has 3 nitrogen and oxygen atoms in total. The summed E-state index contributed by atoms with van der Waals surface area (Å²) in [6.07, 6.45) is 4.04. The monoisotopic (exact) mass is 231 g/mol. The van der Waals surface area contributed by atoms with Gasteiger partial charge in [-0.05, 0) is 37.3 Å². The molecule has 0 aliphatic carbocycles. The maximum atomic E-state index is 11.4. The first kappa shape index (κ1) is 10.6. The van der Waals surface area contributed by atoms with Crippen molar-refractivity contribution >= 4 is 11.7 Å². The largest absolute Gasteiger partial charge is 0.481 e. The summed E-state index contributed by atoms with van der Waals surface area (Å²) in [5, 5.41) is 9.38. The van der Waals surface area contributed by atoms with Crippen molar-refractivity contribution in [1.29, 1.82) is 0 Å². The Bertz CT molecular complexity index is 444. The number of carboxylic acids is 1. The minimum Gasteiger partial charge on any atom is -0.481 e. The molecule has 0 radical (unpaired) electrons. The molecule has 17 heavy (non-hydrogen) atoms. The minimum atomic E-state index is -0.642. The predicted molar refractivity (Wildman–Crippen MR) is 66.3 cm³/mol. The average Bonchev–Trinajstić information content (AvgIpc) is 2.37. The molecule has 1 unspecified atom stereocenters. The number of piperidine rings is 1. The van der Waals surface area contributed by atoms with Gasteiger partial charge in [-0.15, -0.1) is 0 Å². The van der Waals surface area contributed by atoms with Crippen LogP contribution >= 0.6 is 0 Å². The minimum absolute atomic E-state index is 0.205. The molecule has 2 heterocycles. The normalized spacial score (nSPS) is 27.2. The van der Waals surface area contributed by atoms with Crippen LogP contribution in [0.25, 0.3) is 0 Å². The number of para-hydroxylation sites is 1. The van der Waals surface area contributed by atoms with Crippen molar-refractivity contribution in [2.45, 2.75) is 31.7 Å². The molecule has 3 heteroatoms. The Morgan fingerprint density at radius 2 is 2.12 bits per heavy atom. The van der Waals surface area contributed by atoms with E-state index in [1.165, 1.54) is 17.7 Å². The number of hydrogen-bond acceptors (Lipinski definition) is 2. The Labute approximate surface area is 101 Å². The van der Waals surface area contributed by atoms with Gasteiger partial charge in [-0.2, -0.15) is 0 Å². The first-order valence-electron chi connectivity index (χ1n) is 6.35. The summed E-state index contributed by atoms with van der Waals surface area (Å²) in [7, 11) is 0. The summed E-state index contributed by atoms with van der Waals surface area (Å²) in [4.78, 5) is 13.7. The van der Waals surface area contributed by atoms with Crippen molar-refractivity contribution in [2.75, 3.05) is 11.4 Å². The quantitative estimate of drug-likeness (QED) is 0.806. The predicted octanol–water partition coefficient (Wildman–Crippen LogP) is 2.30. The number of carboxylic acid groups (broad SMARTS) is 1. The van der Waals surface area contributed by atoms with E-state index in [-0.39, 0.29) is 12.0 Å². The highest BCUT2D eigenvalue weighted by Gasteiger charge is 2.39. The van der Waals surface area contributed by atoms with E-state index < -0.39 is 5.97 Å². The van der Waals surface area contributed by atoms with E-state index in [2.05, 4.69) is 17.0 Å². The Balaban J connectivity index is 2.03. The van der Waals surface area contributed by atoms with Crippen molar-refractivity contribution in [3.05, 3.63) is 29.8 Å². The lowest BCUT2D eigenvalue weighted by Crippen LogP contribution is -2.50. The van der Waals surface area contributed by atoms with Gasteiger partial charge in [-0.3, -0.25) is 4.79 Å². The summed E-state index contributed by atoms with van der Waals surface area (Å²) in [5.41, 5.74) is 2.45. The lowest BCUT2D eigenvalue weighted by atomic mass is 9.81. The smallest absolute Gasteiger partial charge is 0.308 e. The molecule has 1 aromatic carbocycles. The third-order valence-corrected chi connectivity index (χ3v) is 4.07. The van der Waals surface area contributed by atoms with Gasteiger partial charge in [-0.1, -0.05) is 18.2 Å². The van der Waals surface area contributed by atoms with E-state index >= 15 is 0 Å². The van der Waals surface area contributed by atoms with Gasteiger partial charge in [0.15, 0.2) is 0 Å². The van der Waals surface area contributed by atoms with Gasteiger partial charge in [0.05, 0.1) is 5.92 Å². The molecule has 90 valence electrons. The second-order valence-electron chi connectivity index (χ2n) is 5.03. The van der Waals surface area contributed by atoms with Crippen LogP contribution in [0.1, 0.15) is 24.8 Å². The molecule has 2 atom stereocenters. The number of anilines is 1. The van der Waals surface area contributed by atoms with Gasteiger partial charge in [0.2, 0.25) is 0 Å². The van der Waals surface area contributed by atoms with Crippen LogP contribution in [0.4, 0.5) is 5.69 Å². The summed E-state index contributed by atoms with van der Waals surface area (Å²) in [5.74, 6) is -0.874. The SMILES string of the molecule is O=C(O)C1Cc2ccccc2N2CCCC[C@H]12. The van der Waals surface area contributed by atoms with Crippen LogP contribution in [0.15, 0.2) is 24.3 Å². The van der Waals surface area contributed by atoms with E-state index in [4.69, 9.17) is 0 Å². The molecule has 1 fully saturated rings. The Morgan fingerprint density at radius 1 is 1.29 bits per heavy atom. The van der Waals surface area contributed by atoms with Crippen molar-refractivity contribution in [3.63, 3.8) is 0 Å². The van der Waals surface area contributed by atoms with Crippen LogP contribution in [0.3, 0.4) is 0 Å². The van der Waals surface area contributed by atoms with Crippen LogP contribution < -0.4 is 4.90 Å². The zero-order valence-electron chi connectivity index (χ0n) is 9.80. The summed E-state index contributed by atoms with van der Waals surface area (Å²) < 4.78 is 0. The fourth-order valence-electron chi connectivity index (χ4n) is 3.26. The number of hydrogen-bond donors (Lipinski definition) is 1. The second kappa shape index (κ2) is 4.06. The molecule has 2 aliphatic heterocycles. The molecule has 2 aliphatic rings. The van der Waals surface area contributed by atoms with Crippen molar-refractivity contribution < 1.29 is 9.90 Å². The maximum Gasteiger partial charge on any atom is 0.308 e.